The number of nitrogens with two attached hydrogens (primary N) is 1. The standard InChI is InChI=1S/C16H26N2O3/c1-16(2,3)10-12(17)15(20)18-8-7-11-5-6-14(21-4)13(19)9-11/h5-6,9,12,19H,7-8,10,17H2,1-4H3,(H,18,20). The van der Waals surface area contributed by atoms with Crippen LogP contribution in [0.1, 0.15) is 32.8 Å². The Bertz CT molecular complexity index is 481. The van der Waals surface area contributed by atoms with E-state index in [0.717, 1.165) is 5.56 Å². The molecule has 0 radical (unpaired) electrons. The minimum absolute atomic E-state index is 0.0263. The molecule has 0 aromatic heterocycles. The number of rotatable bonds is 6. The number of benzene rings is 1. The third-order valence-corrected chi connectivity index (χ3v) is 3.13. The number of aromatic hydroxyl groups is 1. The number of amides is 1. The van der Waals surface area contributed by atoms with Crippen LogP contribution in [0.5, 0.6) is 11.5 Å². The van der Waals surface area contributed by atoms with Gasteiger partial charge in [-0.25, -0.2) is 0 Å². The second kappa shape index (κ2) is 7.31. The molecule has 118 valence electrons. The summed E-state index contributed by atoms with van der Waals surface area (Å²) in [5.74, 6) is 0.406. The van der Waals surface area contributed by atoms with E-state index in [1.54, 1.807) is 12.1 Å². The van der Waals surface area contributed by atoms with Gasteiger partial charge in [0.1, 0.15) is 0 Å². The van der Waals surface area contributed by atoms with Gasteiger partial charge in [-0.15, -0.1) is 0 Å². The van der Waals surface area contributed by atoms with Crippen molar-refractivity contribution >= 4 is 5.91 Å². The van der Waals surface area contributed by atoms with Crippen LogP contribution < -0.4 is 15.8 Å². The molecule has 4 N–H and O–H groups in total. The van der Waals surface area contributed by atoms with Crippen molar-refractivity contribution in [1.82, 2.24) is 5.32 Å². The summed E-state index contributed by atoms with van der Waals surface area (Å²) in [6, 6.07) is 4.71. The third-order valence-electron chi connectivity index (χ3n) is 3.13. The number of nitrogens with one attached hydrogen (secondary N) is 1. The van der Waals surface area contributed by atoms with Crippen molar-refractivity contribution in [3.05, 3.63) is 23.8 Å². The maximum atomic E-state index is 11.9. The number of carbonyl (C=O) groups is 1. The molecule has 5 heteroatoms. The van der Waals surface area contributed by atoms with E-state index in [-0.39, 0.29) is 17.1 Å². The first-order valence-electron chi connectivity index (χ1n) is 7.12. The Hall–Kier alpha value is -1.75. The number of methoxy groups -OCH3 is 1. The quantitative estimate of drug-likeness (QED) is 0.747. The molecule has 1 rings (SSSR count). The van der Waals surface area contributed by atoms with Gasteiger partial charge in [0.2, 0.25) is 5.91 Å². The average Bonchev–Trinajstić information content (AvgIpc) is 2.36. The summed E-state index contributed by atoms with van der Waals surface area (Å²) >= 11 is 0. The van der Waals surface area contributed by atoms with Crippen molar-refractivity contribution in [3.8, 4) is 11.5 Å². The molecular weight excluding hydrogens is 268 g/mol. The summed E-state index contributed by atoms with van der Waals surface area (Å²) in [4.78, 5) is 11.9. The lowest BCUT2D eigenvalue weighted by molar-refractivity contribution is -0.122. The van der Waals surface area contributed by atoms with E-state index in [1.165, 1.54) is 7.11 Å². The number of hydrogen-bond donors (Lipinski definition) is 3. The molecule has 0 bridgehead atoms. The van der Waals surface area contributed by atoms with Crippen molar-refractivity contribution in [2.24, 2.45) is 11.1 Å². The Balaban J connectivity index is 2.43. The molecule has 0 fully saturated rings. The second-order valence-corrected chi connectivity index (χ2v) is 6.42. The van der Waals surface area contributed by atoms with Crippen LogP contribution >= 0.6 is 0 Å². The Labute approximate surface area is 126 Å². The van der Waals surface area contributed by atoms with Gasteiger partial charge in [-0.3, -0.25) is 4.79 Å². The van der Waals surface area contributed by atoms with Crippen LogP contribution in [0.15, 0.2) is 18.2 Å². The van der Waals surface area contributed by atoms with Gasteiger partial charge in [0.15, 0.2) is 11.5 Å². The molecule has 5 nitrogen and oxygen atoms in total. The van der Waals surface area contributed by atoms with Crippen LogP contribution in [0.2, 0.25) is 0 Å². The Morgan fingerprint density at radius 1 is 1.43 bits per heavy atom. The number of carbonyl (C=O) groups excluding carboxylic acids is 1. The van der Waals surface area contributed by atoms with Crippen molar-refractivity contribution in [2.75, 3.05) is 13.7 Å². The van der Waals surface area contributed by atoms with Gasteiger partial charge in [0.05, 0.1) is 13.2 Å². The molecule has 0 saturated carbocycles. The summed E-state index contributed by atoms with van der Waals surface area (Å²) in [6.45, 7) is 6.66. The largest absolute Gasteiger partial charge is 0.504 e. The van der Waals surface area contributed by atoms with E-state index in [4.69, 9.17) is 10.5 Å². The first-order chi connectivity index (χ1) is 9.73. The summed E-state index contributed by atoms with van der Waals surface area (Å²) < 4.78 is 4.98. The number of hydrogen-bond acceptors (Lipinski definition) is 4. The summed E-state index contributed by atoms with van der Waals surface area (Å²) in [6.07, 6.45) is 1.27. The lowest BCUT2D eigenvalue weighted by Gasteiger charge is -2.22. The normalized spacial score (nSPS) is 12.8. The molecule has 0 aliphatic rings. The fourth-order valence-electron chi connectivity index (χ4n) is 2.10. The Morgan fingerprint density at radius 3 is 2.62 bits per heavy atom. The first kappa shape index (κ1) is 17.3. The third kappa shape index (κ3) is 6.04. The predicted molar refractivity (Wildman–Crippen MR) is 83.4 cm³/mol. The molecule has 1 aromatic rings. The molecule has 0 saturated heterocycles. The second-order valence-electron chi connectivity index (χ2n) is 6.42. The van der Waals surface area contributed by atoms with Gasteiger partial charge in [-0.05, 0) is 36.0 Å². The number of phenolic OH excluding ortho intramolecular Hbond substituents is 1. The van der Waals surface area contributed by atoms with Gasteiger partial charge < -0.3 is 20.9 Å². The monoisotopic (exact) mass is 294 g/mol. The average molecular weight is 294 g/mol. The molecule has 1 atom stereocenters. The molecule has 1 amide bonds. The molecule has 0 aliphatic carbocycles. The van der Waals surface area contributed by atoms with Gasteiger partial charge in [0.25, 0.3) is 0 Å². The zero-order valence-corrected chi connectivity index (χ0v) is 13.3. The van der Waals surface area contributed by atoms with E-state index >= 15 is 0 Å². The summed E-state index contributed by atoms with van der Waals surface area (Å²) in [5, 5.41) is 12.5. The Morgan fingerprint density at radius 2 is 2.10 bits per heavy atom. The lowest BCUT2D eigenvalue weighted by atomic mass is 9.88. The van der Waals surface area contributed by atoms with Crippen molar-refractivity contribution in [1.29, 1.82) is 0 Å². The Kier molecular flexibility index (Phi) is 6.03. The zero-order chi connectivity index (χ0) is 16.0. The molecule has 0 spiro atoms. The SMILES string of the molecule is COc1ccc(CCNC(=O)C(N)CC(C)(C)C)cc1O. The van der Waals surface area contributed by atoms with Crippen LogP contribution in [-0.2, 0) is 11.2 Å². The van der Waals surface area contributed by atoms with E-state index in [1.807, 2.05) is 6.07 Å². The highest BCUT2D eigenvalue weighted by molar-refractivity contribution is 5.81. The van der Waals surface area contributed by atoms with E-state index in [9.17, 15) is 9.90 Å². The fraction of sp³-hybridized carbons (Fsp3) is 0.562. The number of ether oxygens (including phenoxy) is 1. The van der Waals surface area contributed by atoms with Gasteiger partial charge in [-0.1, -0.05) is 26.8 Å². The predicted octanol–water partition coefficient (Wildman–Crippen LogP) is 1.82. The minimum Gasteiger partial charge on any atom is -0.504 e. The van der Waals surface area contributed by atoms with Gasteiger partial charge >= 0.3 is 0 Å². The highest BCUT2D eigenvalue weighted by Gasteiger charge is 2.20. The topological polar surface area (TPSA) is 84.6 Å². The molecule has 0 aliphatic heterocycles. The van der Waals surface area contributed by atoms with Gasteiger partial charge in [-0.2, -0.15) is 0 Å². The van der Waals surface area contributed by atoms with Crippen LogP contribution in [0.3, 0.4) is 0 Å². The van der Waals surface area contributed by atoms with Crippen LogP contribution in [0, 0.1) is 5.41 Å². The maximum Gasteiger partial charge on any atom is 0.236 e. The molecule has 0 heterocycles. The van der Waals surface area contributed by atoms with Crippen molar-refractivity contribution in [3.63, 3.8) is 0 Å². The molecule has 1 aromatic carbocycles. The minimum atomic E-state index is -0.491. The van der Waals surface area contributed by atoms with Crippen molar-refractivity contribution < 1.29 is 14.6 Å². The fourth-order valence-corrected chi connectivity index (χ4v) is 2.10. The maximum absolute atomic E-state index is 11.9. The summed E-state index contributed by atoms with van der Waals surface area (Å²) in [5.41, 5.74) is 6.83. The van der Waals surface area contributed by atoms with E-state index in [0.29, 0.717) is 25.1 Å². The highest BCUT2D eigenvalue weighted by Crippen LogP contribution is 2.26. The first-order valence-corrected chi connectivity index (χ1v) is 7.12. The molecular formula is C16H26N2O3. The van der Waals surface area contributed by atoms with E-state index in [2.05, 4.69) is 26.1 Å². The van der Waals surface area contributed by atoms with Crippen LogP contribution in [0.4, 0.5) is 0 Å². The lowest BCUT2D eigenvalue weighted by Crippen LogP contribution is -2.43. The van der Waals surface area contributed by atoms with Gasteiger partial charge in [0, 0.05) is 6.54 Å². The highest BCUT2D eigenvalue weighted by atomic mass is 16.5. The van der Waals surface area contributed by atoms with Crippen LogP contribution in [-0.4, -0.2) is 30.7 Å². The summed E-state index contributed by atoms with van der Waals surface area (Å²) in [7, 11) is 1.51. The number of phenols is 1. The van der Waals surface area contributed by atoms with Crippen LogP contribution in [0.25, 0.3) is 0 Å². The van der Waals surface area contributed by atoms with Crippen molar-refractivity contribution in [2.45, 2.75) is 39.7 Å². The zero-order valence-electron chi connectivity index (χ0n) is 13.3. The molecule has 1 unspecified atom stereocenters. The molecule has 21 heavy (non-hydrogen) atoms. The van der Waals surface area contributed by atoms with E-state index < -0.39 is 6.04 Å². The smallest absolute Gasteiger partial charge is 0.236 e.